The number of nitrogens with zero attached hydrogens (tertiary/aromatic N) is 3. The first kappa shape index (κ1) is 17.9. The first-order valence-corrected chi connectivity index (χ1v) is 9.59. The van der Waals surface area contributed by atoms with E-state index in [1.807, 2.05) is 23.1 Å². The maximum Gasteiger partial charge on any atom is 0.255 e. The van der Waals surface area contributed by atoms with Crippen molar-refractivity contribution < 1.29 is 9.18 Å². The number of halogens is 1. The summed E-state index contributed by atoms with van der Waals surface area (Å²) in [6.45, 7) is 3.53. The summed E-state index contributed by atoms with van der Waals surface area (Å²) >= 11 is 0. The number of amides is 1. The number of rotatable bonds is 3. The highest BCUT2D eigenvalue weighted by molar-refractivity contribution is 5.93. The van der Waals surface area contributed by atoms with Crippen LogP contribution in [0.15, 0.2) is 54.9 Å². The Bertz CT molecular complexity index is 811. The molecule has 0 aliphatic carbocycles. The zero-order valence-corrected chi connectivity index (χ0v) is 15.4. The number of pyridine rings is 1. The van der Waals surface area contributed by atoms with Gasteiger partial charge in [-0.05, 0) is 54.7 Å². The first-order chi connectivity index (χ1) is 13.2. The molecule has 4 nitrogen and oxygen atoms in total. The summed E-state index contributed by atoms with van der Waals surface area (Å²) in [5.41, 5.74) is 3.09. The maximum atomic E-state index is 13.1. The van der Waals surface area contributed by atoms with Gasteiger partial charge in [-0.3, -0.25) is 14.7 Å². The molecule has 0 atom stereocenters. The number of aromatic nitrogens is 1. The van der Waals surface area contributed by atoms with Gasteiger partial charge in [-0.2, -0.15) is 0 Å². The van der Waals surface area contributed by atoms with E-state index in [-0.39, 0.29) is 11.7 Å². The summed E-state index contributed by atoms with van der Waals surface area (Å²) in [4.78, 5) is 21.0. The molecule has 5 heteroatoms. The van der Waals surface area contributed by atoms with Crippen LogP contribution in [0.4, 0.5) is 4.39 Å². The molecular weight excluding hydrogens is 341 g/mol. The van der Waals surface area contributed by atoms with Crippen molar-refractivity contribution in [1.82, 2.24) is 14.8 Å². The number of benzene rings is 1. The largest absolute Gasteiger partial charge is 0.338 e. The standard InChI is InChI=1S/C22H24FN3O/c23-20-5-3-17(4-6-20)18-7-12-25(13-8-18)21-9-14-26(15-10-21)22(27)19-2-1-11-24-16-19/h1-7,11,16,21H,8-10,12-15H2. The molecule has 140 valence electrons. The van der Waals surface area contributed by atoms with Crippen LogP contribution in [0.5, 0.6) is 0 Å². The van der Waals surface area contributed by atoms with Crippen LogP contribution in [0, 0.1) is 5.82 Å². The maximum absolute atomic E-state index is 13.1. The predicted octanol–water partition coefficient (Wildman–Crippen LogP) is 3.61. The van der Waals surface area contributed by atoms with Crippen LogP contribution in [0.1, 0.15) is 35.2 Å². The van der Waals surface area contributed by atoms with Crippen LogP contribution in [0.3, 0.4) is 0 Å². The number of carbonyl (C=O) groups is 1. The third-order valence-corrected chi connectivity index (χ3v) is 5.63. The van der Waals surface area contributed by atoms with Gasteiger partial charge in [-0.25, -0.2) is 4.39 Å². The second-order valence-corrected chi connectivity index (χ2v) is 7.25. The van der Waals surface area contributed by atoms with Crippen molar-refractivity contribution in [3.8, 4) is 0 Å². The lowest BCUT2D eigenvalue weighted by atomic mass is 9.96. The fraction of sp³-hybridized carbons (Fsp3) is 0.364. The molecule has 0 radical (unpaired) electrons. The Morgan fingerprint density at radius 2 is 1.85 bits per heavy atom. The topological polar surface area (TPSA) is 36.4 Å². The highest BCUT2D eigenvalue weighted by Crippen LogP contribution is 2.26. The molecule has 0 unspecified atom stereocenters. The molecule has 2 aliphatic heterocycles. The Morgan fingerprint density at radius 3 is 2.48 bits per heavy atom. The summed E-state index contributed by atoms with van der Waals surface area (Å²) < 4.78 is 13.1. The average molecular weight is 365 g/mol. The van der Waals surface area contributed by atoms with Crippen LogP contribution in [0.25, 0.3) is 5.57 Å². The van der Waals surface area contributed by atoms with Gasteiger partial charge in [0.25, 0.3) is 5.91 Å². The van der Waals surface area contributed by atoms with E-state index in [1.54, 1.807) is 18.5 Å². The van der Waals surface area contributed by atoms with Gasteiger partial charge in [-0.1, -0.05) is 18.2 Å². The Morgan fingerprint density at radius 1 is 1.07 bits per heavy atom. The highest BCUT2D eigenvalue weighted by Gasteiger charge is 2.28. The van der Waals surface area contributed by atoms with Gasteiger partial charge in [0.2, 0.25) is 0 Å². The first-order valence-electron chi connectivity index (χ1n) is 9.59. The average Bonchev–Trinajstić information content (AvgIpc) is 2.75. The van der Waals surface area contributed by atoms with E-state index in [4.69, 9.17) is 0 Å². The van der Waals surface area contributed by atoms with Gasteiger partial charge in [0, 0.05) is 44.6 Å². The van der Waals surface area contributed by atoms with Gasteiger partial charge in [0.15, 0.2) is 0 Å². The SMILES string of the molecule is O=C(c1cccnc1)N1CCC(N2CC=C(c3ccc(F)cc3)CC2)CC1. The Kier molecular flexibility index (Phi) is 5.30. The minimum Gasteiger partial charge on any atom is -0.338 e. The Hall–Kier alpha value is -2.53. The molecule has 27 heavy (non-hydrogen) atoms. The number of hydrogen-bond acceptors (Lipinski definition) is 3. The van der Waals surface area contributed by atoms with E-state index < -0.39 is 0 Å². The van der Waals surface area contributed by atoms with Gasteiger partial charge in [0.1, 0.15) is 5.82 Å². The zero-order chi connectivity index (χ0) is 18.6. The monoisotopic (exact) mass is 365 g/mol. The fourth-order valence-electron chi connectivity index (χ4n) is 4.05. The van der Waals surface area contributed by atoms with Gasteiger partial charge >= 0.3 is 0 Å². The van der Waals surface area contributed by atoms with Crippen molar-refractivity contribution in [3.05, 3.63) is 71.8 Å². The fourth-order valence-corrected chi connectivity index (χ4v) is 4.05. The number of likely N-dealkylation sites (tertiary alicyclic amines) is 1. The molecule has 1 aromatic heterocycles. The van der Waals surface area contributed by atoms with Crippen LogP contribution in [0.2, 0.25) is 0 Å². The molecule has 1 saturated heterocycles. The second-order valence-electron chi connectivity index (χ2n) is 7.25. The zero-order valence-electron chi connectivity index (χ0n) is 15.4. The van der Waals surface area contributed by atoms with Gasteiger partial charge < -0.3 is 4.90 Å². The molecule has 3 heterocycles. The summed E-state index contributed by atoms with van der Waals surface area (Å²) in [5, 5.41) is 0. The number of piperidine rings is 1. The predicted molar refractivity (Wildman–Crippen MR) is 104 cm³/mol. The molecule has 2 aliphatic rings. The van der Waals surface area contributed by atoms with Crippen LogP contribution in [-0.2, 0) is 0 Å². The van der Waals surface area contributed by atoms with Gasteiger partial charge in [-0.15, -0.1) is 0 Å². The minimum absolute atomic E-state index is 0.0821. The van der Waals surface area contributed by atoms with E-state index >= 15 is 0 Å². The minimum atomic E-state index is -0.190. The summed E-state index contributed by atoms with van der Waals surface area (Å²) in [5.74, 6) is -0.108. The molecule has 0 spiro atoms. The van der Waals surface area contributed by atoms with E-state index in [9.17, 15) is 9.18 Å². The van der Waals surface area contributed by atoms with Crippen molar-refractivity contribution in [2.45, 2.75) is 25.3 Å². The molecule has 2 aromatic rings. The van der Waals surface area contributed by atoms with Crippen LogP contribution in [-0.4, -0.2) is 52.9 Å². The molecule has 0 saturated carbocycles. The summed E-state index contributed by atoms with van der Waals surface area (Å²) in [6, 6.07) is 10.9. The van der Waals surface area contributed by atoms with Gasteiger partial charge in [0.05, 0.1) is 5.56 Å². The summed E-state index contributed by atoms with van der Waals surface area (Å²) in [6.07, 6.45) is 8.59. The van der Waals surface area contributed by atoms with Crippen molar-refractivity contribution in [3.63, 3.8) is 0 Å². The lowest BCUT2D eigenvalue weighted by Gasteiger charge is -2.39. The van der Waals surface area contributed by atoms with Crippen molar-refractivity contribution >= 4 is 11.5 Å². The van der Waals surface area contributed by atoms with Crippen LogP contribution < -0.4 is 0 Å². The van der Waals surface area contributed by atoms with Crippen molar-refractivity contribution in [2.24, 2.45) is 0 Å². The smallest absolute Gasteiger partial charge is 0.255 e. The second kappa shape index (κ2) is 8.01. The lowest BCUT2D eigenvalue weighted by Crippen LogP contribution is -2.47. The normalized spacial score (nSPS) is 19.0. The Balaban J connectivity index is 1.32. The van der Waals surface area contributed by atoms with Crippen molar-refractivity contribution in [2.75, 3.05) is 26.2 Å². The number of hydrogen-bond donors (Lipinski definition) is 0. The van der Waals surface area contributed by atoms with E-state index in [1.165, 1.54) is 17.7 Å². The van der Waals surface area contributed by atoms with E-state index in [2.05, 4.69) is 16.0 Å². The highest BCUT2D eigenvalue weighted by atomic mass is 19.1. The summed E-state index contributed by atoms with van der Waals surface area (Å²) in [7, 11) is 0. The molecule has 1 amide bonds. The molecule has 1 fully saturated rings. The van der Waals surface area contributed by atoms with E-state index in [0.29, 0.717) is 11.6 Å². The number of carbonyl (C=O) groups excluding carboxylic acids is 1. The molecule has 1 aromatic carbocycles. The molecular formula is C22H24FN3O. The molecule has 0 N–H and O–H groups in total. The third-order valence-electron chi connectivity index (χ3n) is 5.63. The van der Waals surface area contributed by atoms with Crippen LogP contribution >= 0.6 is 0 Å². The van der Waals surface area contributed by atoms with E-state index in [0.717, 1.165) is 51.0 Å². The third kappa shape index (κ3) is 4.08. The van der Waals surface area contributed by atoms with Crippen molar-refractivity contribution in [1.29, 1.82) is 0 Å². The quantitative estimate of drug-likeness (QED) is 0.834. The Labute approximate surface area is 159 Å². The molecule has 4 rings (SSSR count). The lowest BCUT2D eigenvalue weighted by molar-refractivity contribution is 0.0631. The molecule has 0 bridgehead atoms.